The lowest BCUT2D eigenvalue weighted by molar-refractivity contribution is -0.324. The number of aromatic nitrogens is 2. The van der Waals surface area contributed by atoms with E-state index in [0.29, 0.717) is 6.08 Å². The summed E-state index contributed by atoms with van der Waals surface area (Å²) in [7, 11) is -11.8. The van der Waals surface area contributed by atoms with E-state index >= 15 is 0 Å². The third kappa shape index (κ3) is 8.62. The van der Waals surface area contributed by atoms with Crippen molar-refractivity contribution in [3.8, 4) is 0 Å². The molecule has 0 spiro atoms. The number of phosphoric acid groups is 1. The molecule has 0 radical (unpaired) electrons. The van der Waals surface area contributed by atoms with Crippen LogP contribution in [0.1, 0.15) is 18.7 Å². The highest BCUT2D eigenvalue weighted by molar-refractivity contribution is 7.51. The monoisotopic (exact) mass is 629 g/mol. The van der Waals surface area contributed by atoms with E-state index in [4.69, 9.17) is 25.1 Å². The predicted molar refractivity (Wildman–Crippen MR) is 125 cm³/mol. The average Bonchev–Trinajstić information content (AvgIpc) is 3.13. The molecule has 1 aromatic heterocycles. The summed E-state index contributed by atoms with van der Waals surface area (Å²) in [4.78, 5) is 65.0. The summed E-state index contributed by atoms with van der Waals surface area (Å²) in [6.07, 6.45) is -9.35. The summed E-state index contributed by atoms with van der Waals surface area (Å²) in [5.74, 6) is -4.86. The Bertz CT molecular complexity index is 1270. The largest absolute Gasteiger partial charge is 0.809 e. The number of carbonyl (C=O) groups excluding carboxylic acids is 1. The molecule has 1 fully saturated rings. The maximum atomic E-state index is 12.5. The molecule has 3 rings (SSSR count). The molecule has 1 aromatic rings. The van der Waals surface area contributed by atoms with Gasteiger partial charge in [-0.1, -0.05) is 0 Å². The average molecular weight is 629 g/mol. The van der Waals surface area contributed by atoms with Crippen molar-refractivity contribution < 1.29 is 72.3 Å². The van der Waals surface area contributed by atoms with Crippen LogP contribution in [0.25, 0.3) is 0 Å². The Morgan fingerprint density at radius 3 is 2.54 bits per heavy atom. The molecule has 3 heterocycles. The number of amides is 1. The SMILES string of the molecule is CC(=O)N[C@H]1[C@H](OCCO)OC(C(OP(=O)([O-])OC[C@H]2O[C@@H](c3cc(N)nc(=O)[nH]3)[C@H](O)[C@@H]2O)P(=O)([O-])[O-])=C[C@@H]1O. The molecule has 9 atom stereocenters. The standard InChI is InChI=1S/C19H30N4O16P2/c1-7(25)21-13-9(26)5-10(38-17(13)35-3-2-24)18(40(30,31)32)39-41(33,34)36-6-11-14(27)15(28)16(37-11)8-4-12(20)23-19(29)22-8/h4-5,9,11,13-18,24,26-28H,2-3,6H2,1H3,(H,21,25)(H,33,34)(H2,30,31,32)(H3,20,22,23,29)/p-3/t9-,11+,13+,14+,15+,16-,17+,18?/m0/s1. The molecule has 8 N–H and O–H groups in total. The van der Waals surface area contributed by atoms with E-state index in [1.54, 1.807) is 0 Å². The molecule has 0 bridgehead atoms. The van der Waals surface area contributed by atoms with Crippen LogP contribution in [0.15, 0.2) is 22.7 Å². The summed E-state index contributed by atoms with van der Waals surface area (Å²) in [5, 5.41) is 42.2. The van der Waals surface area contributed by atoms with E-state index in [-0.39, 0.29) is 11.5 Å². The number of aliphatic hydroxyl groups excluding tert-OH is 4. The fourth-order valence-corrected chi connectivity index (χ4v) is 5.90. The Kier molecular flexibility index (Phi) is 10.8. The Balaban J connectivity index is 1.75. The molecule has 2 unspecified atom stereocenters. The van der Waals surface area contributed by atoms with Gasteiger partial charge < -0.3 is 79.0 Å². The fourth-order valence-electron chi connectivity index (χ4n) is 3.89. The Morgan fingerprint density at radius 1 is 1.27 bits per heavy atom. The molecule has 2 aliphatic heterocycles. The minimum Gasteiger partial charge on any atom is -0.809 e. The number of ether oxygens (including phenoxy) is 3. The van der Waals surface area contributed by atoms with E-state index in [9.17, 15) is 48.7 Å². The van der Waals surface area contributed by atoms with Gasteiger partial charge >= 0.3 is 5.69 Å². The molecule has 0 aromatic carbocycles. The Labute approximate surface area is 230 Å². The van der Waals surface area contributed by atoms with Crippen molar-refractivity contribution in [3.63, 3.8) is 0 Å². The lowest BCUT2D eigenvalue weighted by atomic mass is 10.1. The van der Waals surface area contributed by atoms with Crippen LogP contribution < -0.4 is 31.4 Å². The minimum absolute atomic E-state index is 0.104. The third-order valence-electron chi connectivity index (χ3n) is 5.60. The molecule has 41 heavy (non-hydrogen) atoms. The van der Waals surface area contributed by atoms with Gasteiger partial charge in [0.25, 0.3) is 7.82 Å². The van der Waals surface area contributed by atoms with Crippen LogP contribution in [0.5, 0.6) is 0 Å². The summed E-state index contributed by atoms with van der Waals surface area (Å²) >= 11 is 0. The highest BCUT2D eigenvalue weighted by atomic mass is 31.2. The van der Waals surface area contributed by atoms with Gasteiger partial charge in [-0.05, 0) is 13.7 Å². The number of aromatic amines is 1. The molecule has 1 saturated heterocycles. The minimum atomic E-state index is -6.04. The van der Waals surface area contributed by atoms with Gasteiger partial charge in [0.05, 0.1) is 25.5 Å². The molecular weight excluding hydrogens is 602 g/mol. The van der Waals surface area contributed by atoms with Crippen LogP contribution in [0.4, 0.5) is 5.82 Å². The van der Waals surface area contributed by atoms with Crippen LogP contribution in [0, 0.1) is 0 Å². The molecule has 22 heteroatoms. The Morgan fingerprint density at radius 2 is 1.95 bits per heavy atom. The van der Waals surface area contributed by atoms with E-state index in [2.05, 4.69) is 24.3 Å². The van der Waals surface area contributed by atoms with Crippen LogP contribution in [-0.2, 0) is 37.2 Å². The fraction of sp³-hybridized carbons (Fsp3) is 0.632. The highest BCUT2D eigenvalue weighted by Crippen LogP contribution is 2.51. The maximum Gasteiger partial charge on any atom is 0.347 e. The number of rotatable bonds is 12. The summed E-state index contributed by atoms with van der Waals surface area (Å²) < 4.78 is 49.2. The third-order valence-corrected chi connectivity index (χ3v) is 7.64. The van der Waals surface area contributed by atoms with Gasteiger partial charge in [0.2, 0.25) is 12.2 Å². The normalized spacial score (nSPS) is 30.6. The zero-order valence-corrected chi connectivity index (χ0v) is 22.8. The van der Waals surface area contributed by atoms with Crippen molar-refractivity contribution in [1.29, 1.82) is 0 Å². The number of H-pyrrole nitrogens is 1. The molecular formula is C19H27N4O16P2-3. The zero-order chi connectivity index (χ0) is 30.7. The van der Waals surface area contributed by atoms with Crippen molar-refractivity contribution in [2.24, 2.45) is 0 Å². The second-order valence-electron chi connectivity index (χ2n) is 8.75. The number of nitrogens with two attached hydrogens (primary N) is 1. The van der Waals surface area contributed by atoms with Crippen LogP contribution in [-0.4, -0.2) is 98.7 Å². The molecule has 232 valence electrons. The van der Waals surface area contributed by atoms with Gasteiger partial charge in [-0.3, -0.25) is 9.36 Å². The molecule has 0 saturated carbocycles. The van der Waals surface area contributed by atoms with Gasteiger partial charge in [-0.2, -0.15) is 4.98 Å². The number of aliphatic hydroxyl groups is 4. The van der Waals surface area contributed by atoms with Crippen molar-refractivity contribution in [1.82, 2.24) is 15.3 Å². The molecule has 20 nitrogen and oxygen atoms in total. The number of anilines is 1. The second-order valence-corrected chi connectivity index (χ2v) is 11.7. The summed E-state index contributed by atoms with van der Waals surface area (Å²) in [6, 6.07) is -0.236. The van der Waals surface area contributed by atoms with Gasteiger partial charge in [0.1, 0.15) is 54.0 Å². The number of phosphoric ester groups is 1. The smallest absolute Gasteiger partial charge is 0.347 e. The number of hydrogen-bond acceptors (Lipinski definition) is 18. The van der Waals surface area contributed by atoms with Gasteiger partial charge in [-0.15, -0.1) is 0 Å². The lowest BCUT2D eigenvalue weighted by Crippen LogP contribution is -2.55. The number of hydrogen-bond donors (Lipinski definition) is 7. The Hall–Kier alpha value is -2.29. The zero-order valence-electron chi connectivity index (χ0n) is 21.0. The van der Waals surface area contributed by atoms with Gasteiger partial charge in [-0.25, -0.2) is 4.79 Å². The van der Waals surface area contributed by atoms with Crippen LogP contribution in [0.2, 0.25) is 0 Å². The predicted octanol–water partition coefficient (Wildman–Crippen LogP) is -5.63. The van der Waals surface area contributed by atoms with Crippen LogP contribution in [0.3, 0.4) is 0 Å². The number of carbonyl (C=O) groups is 1. The summed E-state index contributed by atoms with van der Waals surface area (Å²) in [5.41, 5.74) is 4.48. The summed E-state index contributed by atoms with van der Waals surface area (Å²) in [6.45, 7) is -0.988. The first kappa shape index (κ1) is 33.2. The highest BCUT2D eigenvalue weighted by Gasteiger charge is 2.45. The second kappa shape index (κ2) is 13.3. The molecule has 0 aliphatic carbocycles. The number of nitrogens with zero attached hydrogens (tertiary/aromatic N) is 1. The first-order valence-electron chi connectivity index (χ1n) is 11.6. The van der Waals surface area contributed by atoms with Gasteiger partial charge in [0, 0.05) is 13.0 Å². The quantitative estimate of drug-likeness (QED) is 0.106. The van der Waals surface area contributed by atoms with Crippen molar-refractivity contribution >= 4 is 27.1 Å². The molecule has 1 amide bonds. The lowest BCUT2D eigenvalue weighted by Gasteiger charge is -2.44. The van der Waals surface area contributed by atoms with Crippen molar-refractivity contribution in [3.05, 3.63) is 34.1 Å². The van der Waals surface area contributed by atoms with Gasteiger partial charge in [0.15, 0.2) is 0 Å². The van der Waals surface area contributed by atoms with Crippen LogP contribution >= 0.6 is 15.4 Å². The topological polar surface area (TPSA) is 331 Å². The first-order valence-corrected chi connectivity index (χ1v) is 14.7. The van der Waals surface area contributed by atoms with Crippen molar-refractivity contribution in [2.75, 3.05) is 25.6 Å². The van der Waals surface area contributed by atoms with E-state index in [1.807, 2.05) is 0 Å². The number of nitrogen functional groups attached to an aromatic ring is 1. The molecule has 2 aliphatic rings. The van der Waals surface area contributed by atoms with E-state index < -0.39 is 101 Å². The number of nitrogens with one attached hydrogen (secondary N) is 2. The first-order chi connectivity index (χ1) is 19.0. The van der Waals surface area contributed by atoms with E-state index in [1.165, 1.54) is 0 Å². The van der Waals surface area contributed by atoms with Crippen molar-refractivity contribution in [2.45, 2.75) is 55.6 Å². The van der Waals surface area contributed by atoms with E-state index in [0.717, 1.165) is 13.0 Å². The maximum absolute atomic E-state index is 12.5.